The van der Waals surface area contributed by atoms with Gasteiger partial charge in [-0.3, -0.25) is 10.1 Å². The summed E-state index contributed by atoms with van der Waals surface area (Å²) in [5, 5.41) is 19.5. The number of nitrogens with one attached hydrogen (secondary N) is 2. The summed E-state index contributed by atoms with van der Waals surface area (Å²) in [5.41, 5.74) is 0.853. The molecule has 4 rings (SSSR count). The van der Waals surface area contributed by atoms with Crippen LogP contribution in [0.4, 0.5) is 33.1 Å². The summed E-state index contributed by atoms with van der Waals surface area (Å²) < 4.78 is 13.1. The number of aromatic nitrogens is 2. The number of hydrogen-bond donors (Lipinski definition) is 2. The van der Waals surface area contributed by atoms with Crippen molar-refractivity contribution in [2.45, 2.75) is 0 Å². The molecule has 0 aliphatic heterocycles. The zero-order valence-electron chi connectivity index (χ0n) is 14.5. The molecule has 3 aromatic carbocycles. The van der Waals surface area contributed by atoms with Crippen LogP contribution in [0, 0.1) is 15.9 Å². The van der Waals surface area contributed by atoms with Crippen LogP contribution in [0.15, 0.2) is 73.1 Å². The van der Waals surface area contributed by atoms with Gasteiger partial charge in [0.1, 0.15) is 12.1 Å². The molecule has 0 bridgehead atoms. The summed E-state index contributed by atoms with van der Waals surface area (Å²) in [4.78, 5) is 19.2. The van der Waals surface area contributed by atoms with Gasteiger partial charge in [0.15, 0.2) is 0 Å². The molecule has 0 saturated heterocycles. The topological polar surface area (TPSA) is 93.0 Å². The van der Waals surface area contributed by atoms with Crippen molar-refractivity contribution in [3.05, 3.63) is 89.0 Å². The molecule has 0 radical (unpaired) electrons. The summed E-state index contributed by atoms with van der Waals surface area (Å²) in [5.74, 6) is -0.337. The van der Waals surface area contributed by atoms with E-state index >= 15 is 0 Å². The SMILES string of the molecule is O=[N+]([O-])c1c(Nc2ccc(F)cc2)ncnc1Nc1cccc2ccccc12. The van der Waals surface area contributed by atoms with Crippen LogP contribution in [-0.4, -0.2) is 14.9 Å². The number of nitro groups is 1. The van der Waals surface area contributed by atoms with Crippen molar-refractivity contribution in [3.8, 4) is 0 Å². The van der Waals surface area contributed by atoms with Crippen molar-refractivity contribution in [1.82, 2.24) is 9.97 Å². The molecule has 4 aromatic rings. The zero-order valence-corrected chi connectivity index (χ0v) is 14.5. The Bertz CT molecular complexity index is 1160. The third-order valence-electron chi connectivity index (χ3n) is 4.15. The van der Waals surface area contributed by atoms with Gasteiger partial charge in [-0.1, -0.05) is 36.4 Å². The molecule has 7 nitrogen and oxygen atoms in total. The quantitative estimate of drug-likeness (QED) is 0.369. The van der Waals surface area contributed by atoms with Crippen molar-refractivity contribution in [1.29, 1.82) is 0 Å². The molecule has 0 unspecified atom stereocenters. The monoisotopic (exact) mass is 375 g/mol. The number of benzene rings is 3. The number of fused-ring (bicyclic) bond motifs is 1. The lowest BCUT2D eigenvalue weighted by Crippen LogP contribution is -2.05. The molecule has 0 aliphatic rings. The minimum absolute atomic E-state index is 0.00865. The van der Waals surface area contributed by atoms with E-state index in [9.17, 15) is 14.5 Å². The van der Waals surface area contributed by atoms with Gasteiger partial charge in [0.05, 0.1) is 4.92 Å². The van der Waals surface area contributed by atoms with Gasteiger partial charge in [-0.15, -0.1) is 0 Å². The van der Waals surface area contributed by atoms with Crippen LogP contribution in [-0.2, 0) is 0 Å². The second kappa shape index (κ2) is 7.28. The van der Waals surface area contributed by atoms with E-state index in [0.717, 1.165) is 10.8 Å². The fraction of sp³-hybridized carbons (Fsp3) is 0. The molecule has 0 fully saturated rings. The van der Waals surface area contributed by atoms with Gasteiger partial charge < -0.3 is 10.6 Å². The molecular weight excluding hydrogens is 361 g/mol. The Morgan fingerprint density at radius 1 is 0.857 bits per heavy atom. The van der Waals surface area contributed by atoms with E-state index in [0.29, 0.717) is 11.4 Å². The van der Waals surface area contributed by atoms with Crippen molar-refractivity contribution >= 4 is 39.5 Å². The van der Waals surface area contributed by atoms with Crippen molar-refractivity contribution < 1.29 is 9.31 Å². The molecule has 138 valence electrons. The average Bonchev–Trinajstić information content (AvgIpc) is 2.70. The number of anilines is 4. The van der Waals surface area contributed by atoms with Gasteiger partial charge in [0.2, 0.25) is 11.6 Å². The van der Waals surface area contributed by atoms with Crippen LogP contribution in [0.1, 0.15) is 0 Å². The molecule has 28 heavy (non-hydrogen) atoms. The van der Waals surface area contributed by atoms with Crippen molar-refractivity contribution in [2.75, 3.05) is 10.6 Å². The fourth-order valence-corrected chi connectivity index (χ4v) is 2.87. The fourth-order valence-electron chi connectivity index (χ4n) is 2.87. The van der Waals surface area contributed by atoms with Gasteiger partial charge >= 0.3 is 5.69 Å². The third kappa shape index (κ3) is 3.43. The maximum Gasteiger partial charge on any atom is 0.353 e. The molecule has 0 amide bonds. The smallest absolute Gasteiger partial charge is 0.334 e. The second-order valence-electron chi connectivity index (χ2n) is 5.96. The molecule has 0 spiro atoms. The standard InChI is InChI=1S/C20H14FN5O2/c21-14-8-10-15(11-9-14)24-19-18(26(27)28)20(23-12-22-19)25-17-7-3-5-13-4-1-2-6-16(13)17/h1-12H,(H2,22,23,24,25). The number of nitrogens with zero attached hydrogens (tertiary/aromatic N) is 3. The van der Waals surface area contributed by atoms with Gasteiger partial charge in [-0.2, -0.15) is 0 Å². The largest absolute Gasteiger partial charge is 0.353 e. The maximum atomic E-state index is 13.1. The second-order valence-corrected chi connectivity index (χ2v) is 5.96. The maximum absolute atomic E-state index is 13.1. The van der Waals surface area contributed by atoms with Crippen molar-refractivity contribution in [2.24, 2.45) is 0 Å². The van der Waals surface area contributed by atoms with Crippen LogP contribution in [0.2, 0.25) is 0 Å². The Balaban J connectivity index is 1.74. The number of hydrogen-bond acceptors (Lipinski definition) is 6. The molecule has 0 aliphatic carbocycles. The summed E-state index contributed by atoms with van der Waals surface area (Å²) >= 11 is 0. The lowest BCUT2D eigenvalue weighted by molar-refractivity contribution is -0.383. The molecule has 1 heterocycles. The minimum Gasteiger partial charge on any atom is -0.334 e. The highest BCUT2D eigenvalue weighted by atomic mass is 19.1. The molecule has 8 heteroatoms. The first-order valence-electron chi connectivity index (χ1n) is 8.38. The van der Waals surface area contributed by atoms with E-state index in [-0.39, 0.29) is 17.3 Å². The molecular formula is C20H14FN5O2. The third-order valence-corrected chi connectivity index (χ3v) is 4.15. The van der Waals surface area contributed by atoms with E-state index in [1.54, 1.807) is 0 Å². The Morgan fingerprint density at radius 3 is 2.29 bits per heavy atom. The van der Waals surface area contributed by atoms with E-state index in [1.807, 2.05) is 42.5 Å². The molecule has 1 aromatic heterocycles. The minimum atomic E-state index is -0.556. The Kier molecular flexibility index (Phi) is 4.51. The number of halogens is 1. The highest BCUT2D eigenvalue weighted by Crippen LogP contribution is 2.34. The predicted octanol–water partition coefficient (Wildman–Crippen LogP) is 5.16. The van der Waals surface area contributed by atoms with E-state index in [1.165, 1.54) is 30.6 Å². The van der Waals surface area contributed by atoms with Crippen LogP contribution < -0.4 is 10.6 Å². The molecule has 0 atom stereocenters. The highest BCUT2D eigenvalue weighted by Gasteiger charge is 2.23. The summed E-state index contributed by atoms with van der Waals surface area (Å²) in [6, 6.07) is 18.8. The molecule has 2 N–H and O–H groups in total. The van der Waals surface area contributed by atoms with Crippen LogP contribution >= 0.6 is 0 Å². The van der Waals surface area contributed by atoms with E-state index in [4.69, 9.17) is 0 Å². The van der Waals surface area contributed by atoms with Crippen LogP contribution in [0.25, 0.3) is 10.8 Å². The van der Waals surface area contributed by atoms with Gasteiger partial charge in [-0.05, 0) is 35.7 Å². The first-order chi connectivity index (χ1) is 13.6. The van der Waals surface area contributed by atoms with Crippen LogP contribution in [0.3, 0.4) is 0 Å². The lowest BCUT2D eigenvalue weighted by Gasteiger charge is -2.11. The van der Waals surface area contributed by atoms with Gasteiger partial charge in [0.25, 0.3) is 0 Å². The first kappa shape index (κ1) is 17.3. The van der Waals surface area contributed by atoms with Gasteiger partial charge in [0, 0.05) is 16.8 Å². The van der Waals surface area contributed by atoms with Crippen molar-refractivity contribution in [3.63, 3.8) is 0 Å². The van der Waals surface area contributed by atoms with Gasteiger partial charge in [-0.25, -0.2) is 14.4 Å². The lowest BCUT2D eigenvalue weighted by atomic mass is 10.1. The number of rotatable bonds is 5. The first-order valence-corrected chi connectivity index (χ1v) is 8.38. The zero-order chi connectivity index (χ0) is 19.5. The van der Waals surface area contributed by atoms with E-state index < -0.39 is 10.7 Å². The normalized spacial score (nSPS) is 10.6. The highest BCUT2D eigenvalue weighted by molar-refractivity contribution is 5.96. The summed E-state index contributed by atoms with van der Waals surface area (Å²) in [6.45, 7) is 0. The Hall–Kier alpha value is -4.07. The Morgan fingerprint density at radius 2 is 1.54 bits per heavy atom. The molecule has 0 saturated carbocycles. The summed E-state index contributed by atoms with van der Waals surface area (Å²) in [6.07, 6.45) is 1.23. The Labute approximate surface area is 159 Å². The van der Waals surface area contributed by atoms with E-state index in [2.05, 4.69) is 20.6 Å². The average molecular weight is 375 g/mol. The van der Waals surface area contributed by atoms with Crippen LogP contribution in [0.5, 0.6) is 0 Å². The summed E-state index contributed by atoms with van der Waals surface area (Å²) in [7, 11) is 0. The predicted molar refractivity (Wildman–Crippen MR) is 106 cm³/mol.